The lowest BCUT2D eigenvalue weighted by Gasteiger charge is -2.12. The van der Waals surface area contributed by atoms with Gasteiger partial charge < -0.3 is 5.32 Å². The highest BCUT2D eigenvalue weighted by Gasteiger charge is 2.14. The summed E-state index contributed by atoms with van der Waals surface area (Å²) in [6.45, 7) is 1.94. The second-order valence-electron chi connectivity index (χ2n) is 5.71. The first-order valence-corrected chi connectivity index (χ1v) is 8.25. The molecule has 1 aromatic carbocycles. The number of halogens is 2. The van der Waals surface area contributed by atoms with Gasteiger partial charge in [0.05, 0.1) is 10.9 Å². The highest BCUT2D eigenvalue weighted by Crippen LogP contribution is 2.29. The zero-order chi connectivity index (χ0) is 18.1. The molecular formula is C19H13ClFN5. The van der Waals surface area contributed by atoms with Gasteiger partial charge >= 0.3 is 0 Å². The van der Waals surface area contributed by atoms with Crippen LogP contribution in [0.4, 0.5) is 15.9 Å². The molecule has 0 saturated heterocycles. The van der Waals surface area contributed by atoms with Crippen molar-refractivity contribution in [3.8, 4) is 11.4 Å². The molecular weight excluding hydrogens is 353 g/mol. The normalized spacial score (nSPS) is 10.9. The number of benzene rings is 1. The summed E-state index contributed by atoms with van der Waals surface area (Å²) in [4.78, 5) is 17.3. The largest absolute Gasteiger partial charge is 0.339 e. The Kier molecular flexibility index (Phi) is 4.18. The molecule has 0 unspecified atom stereocenters. The Hall–Kier alpha value is -3.12. The van der Waals surface area contributed by atoms with Crippen LogP contribution < -0.4 is 5.32 Å². The van der Waals surface area contributed by atoms with Gasteiger partial charge in [0.15, 0.2) is 11.5 Å². The van der Waals surface area contributed by atoms with E-state index in [1.165, 1.54) is 18.2 Å². The van der Waals surface area contributed by atoms with Crippen molar-refractivity contribution in [2.45, 2.75) is 6.92 Å². The average molecular weight is 366 g/mol. The highest BCUT2D eigenvalue weighted by molar-refractivity contribution is 6.30. The van der Waals surface area contributed by atoms with E-state index in [2.05, 4.69) is 25.3 Å². The van der Waals surface area contributed by atoms with E-state index < -0.39 is 5.82 Å². The minimum Gasteiger partial charge on any atom is -0.339 e. The minimum absolute atomic E-state index is 0.213. The van der Waals surface area contributed by atoms with Crippen molar-refractivity contribution >= 4 is 34.1 Å². The number of anilines is 2. The van der Waals surface area contributed by atoms with E-state index in [-0.39, 0.29) is 11.4 Å². The summed E-state index contributed by atoms with van der Waals surface area (Å²) in [6.07, 6.45) is 5.07. The minimum atomic E-state index is -0.448. The predicted molar refractivity (Wildman–Crippen MR) is 100.0 cm³/mol. The van der Waals surface area contributed by atoms with E-state index in [1.807, 2.05) is 19.1 Å². The molecule has 0 atom stereocenters. The van der Waals surface area contributed by atoms with E-state index in [1.54, 1.807) is 24.7 Å². The number of aromatic nitrogens is 4. The Morgan fingerprint density at radius 1 is 1.08 bits per heavy atom. The van der Waals surface area contributed by atoms with Crippen molar-refractivity contribution < 1.29 is 4.39 Å². The summed E-state index contributed by atoms with van der Waals surface area (Å²) < 4.78 is 14.3. The second kappa shape index (κ2) is 6.65. The molecule has 7 heteroatoms. The van der Waals surface area contributed by atoms with Crippen LogP contribution >= 0.6 is 11.6 Å². The summed E-state index contributed by atoms with van der Waals surface area (Å²) in [5.41, 5.74) is 2.49. The fraction of sp³-hybridized carbons (Fsp3) is 0.0526. The molecule has 0 aliphatic rings. The molecule has 0 radical (unpaired) electrons. The zero-order valence-corrected chi connectivity index (χ0v) is 14.5. The molecule has 0 aliphatic heterocycles. The molecule has 0 spiro atoms. The summed E-state index contributed by atoms with van der Waals surface area (Å²) in [5, 5.41) is 4.41. The van der Waals surface area contributed by atoms with Crippen LogP contribution in [0.5, 0.6) is 0 Å². The van der Waals surface area contributed by atoms with Crippen molar-refractivity contribution in [2.24, 2.45) is 0 Å². The monoisotopic (exact) mass is 365 g/mol. The molecule has 0 aliphatic carbocycles. The van der Waals surface area contributed by atoms with Gasteiger partial charge in [-0.2, -0.15) is 0 Å². The van der Waals surface area contributed by atoms with E-state index in [0.717, 1.165) is 16.6 Å². The van der Waals surface area contributed by atoms with E-state index in [9.17, 15) is 4.39 Å². The van der Waals surface area contributed by atoms with Crippen molar-refractivity contribution in [3.63, 3.8) is 0 Å². The average Bonchev–Trinajstić information content (AvgIpc) is 2.65. The zero-order valence-electron chi connectivity index (χ0n) is 13.7. The Bertz CT molecular complexity index is 1120. The topological polar surface area (TPSA) is 63.6 Å². The standard InChI is InChI=1S/C19H13ClFN5/c1-11-10-22-8-6-16(11)24-18-13-3-2-7-23-17(13)25-19(26-18)14-9-12(20)4-5-15(14)21/h2-10H,1H3,(H,22,23,24,25,26). The molecule has 4 aromatic rings. The molecule has 0 saturated carbocycles. The summed E-state index contributed by atoms with van der Waals surface area (Å²) in [6, 6.07) is 9.79. The molecule has 5 nitrogen and oxygen atoms in total. The quantitative estimate of drug-likeness (QED) is 0.557. The van der Waals surface area contributed by atoms with Crippen molar-refractivity contribution in [1.29, 1.82) is 0 Å². The van der Waals surface area contributed by atoms with Gasteiger partial charge in [-0.1, -0.05) is 11.6 Å². The van der Waals surface area contributed by atoms with Gasteiger partial charge in [0, 0.05) is 29.3 Å². The van der Waals surface area contributed by atoms with Gasteiger partial charge in [-0.3, -0.25) is 4.98 Å². The maximum atomic E-state index is 14.3. The number of hydrogen-bond donors (Lipinski definition) is 1. The van der Waals surface area contributed by atoms with Crippen molar-refractivity contribution in [1.82, 2.24) is 19.9 Å². The number of rotatable bonds is 3. The fourth-order valence-corrected chi connectivity index (χ4v) is 2.76. The Morgan fingerprint density at radius 3 is 2.81 bits per heavy atom. The maximum Gasteiger partial charge on any atom is 0.167 e. The van der Waals surface area contributed by atoms with Gasteiger partial charge in [-0.05, 0) is 48.9 Å². The van der Waals surface area contributed by atoms with Crippen LogP contribution in [0.3, 0.4) is 0 Å². The molecule has 0 bridgehead atoms. The fourth-order valence-electron chi connectivity index (χ4n) is 2.59. The predicted octanol–water partition coefficient (Wildman–Crippen LogP) is 4.93. The molecule has 0 amide bonds. The molecule has 128 valence electrons. The van der Waals surface area contributed by atoms with Crippen LogP contribution in [-0.4, -0.2) is 19.9 Å². The molecule has 0 fully saturated rings. The molecule has 3 aromatic heterocycles. The maximum absolute atomic E-state index is 14.3. The number of pyridine rings is 2. The van der Waals surface area contributed by atoms with E-state index in [0.29, 0.717) is 16.5 Å². The first-order valence-electron chi connectivity index (χ1n) is 7.87. The molecule has 1 N–H and O–H groups in total. The third-order valence-electron chi connectivity index (χ3n) is 3.91. The number of fused-ring (bicyclic) bond motifs is 1. The number of nitrogens with zero attached hydrogens (tertiary/aromatic N) is 4. The SMILES string of the molecule is Cc1cnccc1Nc1nc(-c2cc(Cl)ccc2F)nc2ncccc12. The van der Waals surface area contributed by atoms with Crippen molar-refractivity contribution in [3.05, 3.63) is 71.4 Å². The van der Waals surface area contributed by atoms with E-state index in [4.69, 9.17) is 11.6 Å². The van der Waals surface area contributed by atoms with Crippen molar-refractivity contribution in [2.75, 3.05) is 5.32 Å². The lowest BCUT2D eigenvalue weighted by molar-refractivity contribution is 0.630. The highest BCUT2D eigenvalue weighted by atomic mass is 35.5. The van der Waals surface area contributed by atoms with Crippen LogP contribution in [0, 0.1) is 12.7 Å². The lowest BCUT2D eigenvalue weighted by Crippen LogP contribution is -2.02. The lowest BCUT2D eigenvalue weighted by atomic mass is 10.2. The molecule has 26 heavy (non-hydrogen) atoms. The number of hydrogen-bond acceptors (Lipinski definition) is 5. The first-order chi connectivity index (χ1) is 12.6. The van der Waals surface area contributed by atoms with Crippen LogP contribution in [0.2, 0.25) is 5.02 Å². The third-order valence-corrected chi connectivity index (χ3v) is 4.15. The van der Waals surface area contributed by atoms with E-state index >= 15 is 0 Å². The summed E-state index contributed by atoms with van der Waals surface area (Å²) in [7, 11) is 0. The van der Waals surface area contributed by atoms with Gasteiger partial charge in [-0.15, -0.1) is 0 Å². The van der Waals surface area contributed by atoms with Gasteiger partial charge in [0.25, 0.3) is 0 Å². The van der Waals surface area contributed by atoms with Crippen LogP contribution in [0.25, 0.3) is 22.4 Å². The van der Waals surface area contributed by atoms with Gasteiger partial charge in [0.1, 0.15) is 11.6 Å². The van der Waals surface area contributed by atoms with Crippen LogP contribution in [0.1, 0.15) is 5.56 Å². The second-order valence-corrected chi connectivity index (χ2v) is 6.15. The third kappa shape index (κ3) is 3.07. The smallest absolute Gasteiger partial charge is 0.167 e. The Balaban J connectivity index is 1.91. The number of aryl methyl sites for hydroxylation is 1. The molecule has 4 rings (SSSR count). The summed E-state index contributed by atoms with van der Waals surface area (Å²) >= 11 is 6.01. The Morgan fingerprint density at radius 2 is 1.96 bits per heavy atom. The van der Waals surface area contributed by atoms with Crippen LogP contribution in [-0.2, 0) is 0 Å². The number of nitrogens with one attached hydrogen (secondary N) is 1. The summed E-state index contributed by atoms with van der Waals surface area (Å²) in [5.74, 6) is 0.299. The van der Waals surface area contributed by atoms with Gasteiger partial charge in [0.2, 0.25) is 0 Å². The molecule has 3 heterocycles. The Labute approximate surface area is 153 Å². The van der Waals surface area contributed by atoms with Gasteiger partial charge in [-0.25, -0.2) is 19.3 Å². The van der Waals surface area contributed by atoms with Crippen LogP contribution in [0.15, 0.2) is 55.0 Å². The first kappa shape index (κ1) is 16.4.